The maximum Gasteiger partial charge on any atom is 0.226 e. The van der Waals surface area contributed by atoms with Crippen molar-refractivity contribution in [3.8, 4) is 5.69 Å². The van der Waals surface area contributed by atoms with E-state index in [4.69, 9.17) is 40.4 Å². The fourth-order valence-corrected chi connectivity index (χ4v) is 6.16. The average molecular weight is 593 g/mol. The van der Waals surface area contributed by atoms with E-state index in [1.165, 1.54) is 0 Å². The Kier molecular flexibility index (Phi) is 7.91. The number of pyridine rings is 1. The molecule has 9 heteroatoms. The van der Waals surface area contributed by atoms with Gasteiger partial charge in [0.05, 0.1) is 28.5 Å². The van der Waals surface area contributed by atoms with Crippen molar-refractivity contribution in [3.05, 3.63) is 105 Å². The number of halogens is 2. The van der Waals surface area contributed by atoms with Crippen LogP contribution in [0.25, 0.3) is 5.69 Å². The third kappa shape index (κ3) is 5.09. The highest BCUT2D eigenvalue weighted by atomic mass is 35.5. The molecule has 1 fully saturated rings. The molecule has 1 aliphatic heterocycles. The van der Waals surface area contributed by atoms with Crippen LogP contribution in [0.4, 0.5) is 11.4 Å². The van der Waals surface area contributed by atoms with Crippen molar-refractivity contribution in [2.75, 3.05) is 10.2 Å². The average Bonchev–Trinajstić information content (AvgIpc) is 3.37. The van der Waals surface area contributed by atoms with Crippen molar-refractivity contribution in [3.63, 3.8) is 0 Å². The molecule has 0 radical (unpaired) electrons. The maximum atomic E-state index is 12.3. The van der Waals surface area contributed by atoms with Crippen LogP contribution in [0.2, 0.25) is 10.0 Å². The number of carbonyl (C=O) groups excluding carboxylic acids is 1. The van der Waals surface area contributed by atoms with Gasteiger partial charge in [0.2, 0.25) is 5.91 Å². The lowest BCUT2D eigenvalue weighted by Gasteiger charge is -2.29. The Balaban J connectivity index is 1.66. The summed E-state index contributed by atoms with van der Waals surface area (Å²) in [7, 11) is 0. The summed E-state index contributed by atoms with van der Waals surface area (Å²) in [5.74, 6) is -0.252. The highest BCUT2D eigenvalue weighted by molar-refractivity contribution is 7.80. The van der Waals surface area contributed by atoms with E-state index in [1.54, 1.807) is 6.20 Å². The van der Waals surface area contributed by atoms with Crippen molar-refractivity contribution in [1.29, 1.82) is 0 Å². The van der Waals surface area contributed by atoms with Crippen LogP contribution in [-0.2, 0) is 4.79 Å². The van der Waals surface area contributed by atoms with E-state index < -0.39 is 0 Å². The normalized spacial score (nSPS) is 16.9. The van der Waals surface area contributed by atoms with Gasteiger partial charge in [-0.05, 0) is 87.1 Å². The lowest BCUT2D eigenvalue weighted by Crippen LogP contribution is -2.30. The summed E-state index contributed by atoms with van der Waals surface area (Å²) in [4.78, 5) is 19.1. The Bertz CT molecular complexity index is 1600. The standard InChI is InChI=1S/C31H31Cl2N5OS/c1-17(2)30(39)35-25-13-12-23(16-24(25)33)38-29(28(36-31(38)40)26-11-6-7-14-34-26)27-18(3)19(4)37(20(27)5)22-10-8-9-21(32)15-22/h6-17,28-29H,1-5H3,(H,35,39)(H,36,40). The summed E-state index contributed by atoms with van der Waals surface area (Å²) in [5.41, 5.74) is 7.79. The lowest BCUT2D eigenvalue weighted by atomic mass is 9.93. The predicted octanol–water partition coefficient (Wildman–Crippen LogP) is 7.88. The number of thiocarbonyl (C=S) groups is 1. The number of amides is 1. The van der Waals surface area contributed by atoms with Crippen LogP contribution in [0, 0.1) is 26.7 Å². The molecule has 2 aromatic heterocycles. The second kappa shape index (κ2) is 11.2. The summed E-state index contributed by atoms with van der Waals surface area (Å²) in [5, 5.41) is 8.13. The minimum Gasteiger partial charge on any atom is -0.351 e. The van der Waals surface area contributed by atoms with Gasteiger partial charge in [-0.3, -0.25) is 9.78 Å². The molecule has 6 nitrogen and oxygen atoms in total. The summed E-state index contributed by atoms with van der Waals surface area (Å²) in [6, 6.07) is 19.0. The number of nitrogens with one attached hydrogen (secondary N) is 2. The Hall–Kier alpha value is -3.39. The summed E-state index contributed by atoms with van der Waals surface area (Å²) < 4.78 is 2.24. The summed E-state index contributed by atoms with van der Waals surface area (Å²) in [6.07, 6.45) is 1.80. The summed E-state index contributed by atoms with van der Waals surface area (Å²) >= 11 is 19.0. The smallest absolute Gasteiger partial charge is 0.226 e. The lowest BCUT2D eigenvalue weighted by molar-refractivity contribution is -0.118. The van der Waals surface area contributed by atoms with Crippen molar-refractivity contribution in [1.82, 2.24) is 14.9 Å². The first-order valence-corrected chi connectivity index (χ1v) is 14.3. The molecule has 0 saturated carbocycles. The Labute approximate surface area is 250 Å². The highest BCUT2D eigenvalue weighted by Gasteiger charge is 2.43. The number of rotatable bonds is 6. The number of nitrogens with zero attached hydrogens (tertiary/aromatic N) is 3. The second-order valence-electron chi connectivity index (χ2n) is 10.3. The molecule has 5 rings (SSSR count). The Morgan fingerprint density at radius 2 is 1.77 bits per heavy atom. The van der Waals surface area contributed by atoms with Crippen molar-refractivity contribution >= 4 is 57.8 Å². The molecule has 0 spiro atoms. The predicted molar refractivity (Wildman–Crippen MR) is 168 cm³/mol. The number of carbonyl (C=O) groups is 1. The zero-order valence-corrected chi connectivity index (χ0v) is 25.3. The first-order chi connectivity index (χ1) is 19.1. The monoisotopic (exact) mass is 591 g/mol. The molecule has 2 unspecified atom stereocenters. The molecule has 0 bridgehead atoms. The fraction of sp³-hybridized carbons (Fsp3) is 0.258. The van der Waals surface area contributed by atoms with Gasteiger partial charge in [0.25, 0.3) is 0 Å². The van der Waals surface area contributed by atoms with Crippen LogP contribution in [0.5, 0.6) is 0 Å². The van der Waals surface area contributed by atoms with Crippen molar-refractivity contribution in [2.45, 2.75) is 46.7 Å². The molecule has 3 heterocycles. The molecule has 1 amide bonds. The van der Waals surface area contributed by atoms with Crippen LogP contribution in [0.15, 0.2) is 66.9 Å². The summed E-state index contributed by atoms with van der Waals surface area (Å²) in [6.45, 7) is 10.1. The van der Waals surface area contributed by atoms with E-state index in [0.717, 1.165) is 39.6 Å². The van der Waals surface area contributed by atoms with Crippen molar-refractivity contribution in [2.24, 2.45) is 5.92 Å². The first-order valence-electron chi connectivity index (χ1n) is 13.1. The zero-order chi connectivity index (χ0) is 28.7. The number of hydrogen-bond donors (Lipinski definition) is 2. The van der Waals surface area contributed by atoms with Crippen molar-refractivity contribution < 1.29 is 4.79 Å². The van der Waals surface area contributed by atoms with E-state index in [9.17, 15) is 4.79 Å². The molecule has 206 valence electrons. The van der Waals surface area contributed by atoms with Gasteiger partial charge in [0.15, 0.2) is 5.11 Å². The van der Waals surface area contributed by atoms with Gasteiger partial charge >= 0.3 is 0 Å². The van der Waals surface area contributed by atoms with Crippen LogP contribution < -0.4 is 15.5 Å². The number of hydrogen-bond acceptors (Lipinski definition) is 3. The largest absolute Gasteiger partial charge is 0.351 e. The van der Waals surface area contributed by atoms with E-state index in [-0.39, 0.29) is 23.9 Å². The van der Waals surface area contributed by atoms with E-state index in [1.807, 2.05) is 68.4 Å². The van der Waals surface area contributed by atoms with Gasteiger partial charge in [-0.25, -0.2) is 0 Å². The van der Waals surface area contributed by atoms with Gasteiger partial charge in [-0.2, -0.15) is 0 Å². The molecule has 4 aromatic rings. The number of benzene rings is 2. The minimum absolute atomic E-state index is 0.0924. The molecule has 2 aromatic carbocycles. The van der Waals surface area contributed by atoms with Crippen LogP contribution >= 0.6 is 35.4 Å². The molecule has 1 aliphatic rings. The van der Waals surface area contributed by atoms with Gasteiger partial charge in [0.1, 0.15) is 0 Å². The minimum atomic E-state index is -0.214. The van der Waals surface area contributed by atoms with E-state index in [0.29, 0.717) is 20.8 Å². The van der Waals surface area contributed by atoms with Gasteiger partial charge in [0, 0.05) is 45.5 Å². The van der Waals surface area contributed by atoms with Crippen LogP contribution in [0.1, 0.15) is 54.1 Å². The molecular formula is C31H31Cl2N5OS. The van der Waals surface area contributed by atoms with Gasteiger partial charge < -0.3 is 20.1 Å². The van der Waals surface area contributed by atoms with Crippen LogP contribution in [-0.4, -0.2) is 20.6 Å². The van der Waals surface area contributed by atoms with Gasteiger partial charge in [-0.15, -0.1) is 0 Å². The van der Waals surface area contributed by atoms with E-state index >= 15 is 0 Å². The second-order valence-corrected chi connectivity index (χ2v) is 11.6. The quantitative estimate of drug-likeness (QED) is 0.223. The fourth-order valence-electron chi connectivity index (χ4n) is 5.40. The third-order valence-corrected chi connectivity index (χ3v) is 8.34. The number of anilines is 2. The molecule has 2 N–H and O–H groups in total. The molecular weight excluding hydrogens is 561 g/mol. The molecule has 1 saturated heterocycles. The Morgan fingerprint density at radius 1 is 1.00 bits per heavy atom. The van der Waals surface area contributed by atoms with Crippen LogP contribution in [0.3, 0.4) is 0 Å². The SMILES string of the molecule is Cc1c(C2C(c3ccccn3)NC(=S)N2c2ccc(NC(=O)C(C)C)c(Cl)c2)c(C)n(-c2cccc(Cl)c2)c1C. The highest BCUT2D eigenvalue weighted by Crippen LogP contribution is 2.46. The number of aromatic nitrogens is 2. The van der Waals surface area contributed by atoms with Gasteiger partial charge in [-0.1, -0.05) is 49.2 Å². The maximum absolute atomic E-state index is 12.3. The molecule has 0 aliphatic carbocycles. The van der Waals surface area contributed by atoms with E-state index in [2.05, 4.69) is 46.9 Å². The topological polar surface area (TPSA) is 62.2 Å². The molecule has 40 heavy (non-hydrogen) atoms. The molecule has 2 atom stereocenters. The first kappa shape index (κ1) is 28.1. The Morgan fingerprint density at radius 3 is 2.42 bits per heavy atom. The zero-order valence-electron chi connectivity index (χ0n) is 23.0. The third-order valence-electron chi connectivity index (χ3n) is 7.48.